The van der Waals surface area contributed by atoms with Crippen LogP contribution in [0.3, 0.4) is 0 Å². The van der Waals surface area contributed by atoms with Crippen molar-refractivity contribution in [1.29, 1.82) is 0 Å². The molecule has 0 aromatic heterocycles. The first-order chi connectivity index (χ1) is 17.3. The number of aromatic carboxylic acids is 1. The van der Waals surface area contributed by atoms with Gasteiger partial charge in [-0.3, -0.25) is 4.55 Å². The Bertz CT molecular complexity index is 1370. The Morgan fingerprint density at radius 2 is 1.28 bits per heavy atom. The maximum atomic E-state index is 12.4. The SMILES string of the molecule is CN(C)c1cccc2c(N(c3ccc(OCCOc4ccc(C(=O)O)cc4)cc3)S(=O)O)cccc12. The van der Waals surface area contributed by atoms with E-state index in [2.05, 4.69) is 0 Å². The molecule has 2 N–H and O–H groups in total. The second-order valence-corrected chi connectivity index (χ2v) is 8.92. The Kier molecular flexibility index (Phi) is 7.72. The van der Waals surface area contributed by atoms with Crippen molar-refractivity contribution in [1.82, 2.24) is 0 Å². The summed E-state index contributed by atoms with van der Waals surface area (Å²) in [4.78, 5) is 12.9. The van der Waals surface area contributed by atoms with Crippen molar-refractivity contribution in [2.45, 2.75) is 0 Å². The summed E-state index contributed by atoms with van der Waals surface area (Å²) in [5, 5.41) is 10.8. The molecule has 186 valence electrons. The van der Waals surface area contributed by atoms with Crippen molar-refractivity contribution >= 4 is 45.1 Å². The first kappa shape index (κ1) is 25.0. The minimum Gasteiger partial charge on any atom is -0.490 e. The van der Waals surface area contributed by atoms with Crippen molar-refractivity contribution < 1.29 is 28.1 Å². The van der Waals surface area contributed by atoms with Crippen LogP contribution in [0.2, 0.25) is 0 Å². The quantitative estimate of drug-likeness (QED) is 0.221. The third-order valence-electron chi connectivity index (χ3n) is 5.53. The molecule has 0 aliphatic carbocycles. The molecule has 0 spiro atoms. The molecule has 4 rings (SSSR count). The van der Waals surface area contributed by atoms with Gasteiger partial charge in [0.15, 0.2) is 0 Å². The van der Waals surface area contributed by atoms with E-state index < -0.39 is 17.2 Å². The Labute approximate surface area is 211 Å². The Balaban J connectivity index is 1.45. The van der Waals surface area contributed by atoms with Crippen LogP contribution in [-0.2, 0) is 11.3 Å². The molecule has 1 unspecified atom stereocenters. The smallest absolute Gasteiger partial charge is 0.335 e. The molecule has 0 heterocycles. The van der Waals surface area contributed by atoms with E-state index in [9.17, 15) is 13.6 Å². The van der Waals surface area contributed by atoms with E-state index in [1.165, 1.54) is 16.4 Å². The summed E-state index contributed by atoms with van der Waals surface area (Å²) in [6, 6.07) is 24.6. The van der Waals surface area contributed by atoms with Gasteiger partial charge in [-0.1, -0.05) is 24.3 Å². The summed E-state index contributed by atoms with van der Waals surface area (Å²) in [6.45, 7) is 0.539. The number of nitrogens with zero attached hydrogens (tertiary/aromatic N) is 2. The van der Waals surface area contributed by atoms with Crippen LogP contribution in [-0.4, -0.2) is 47.1 Å². The van der Waals surface area contributed by atoms with Gasteiger partial charge in [0.2, 0.25) is 0 Å². The van der Waals surface area contributed by atoms with Gasteiger partial charge in [-0.25, -0.2) is 13.3 Å². The van der Waals surface area contributed by atoms with Crippen LogP contribution < -0.4 is 18.7 Å². The lowest BCUT2D eigenvalue weighted by Gasteiger charge is -2.23. The van der Waals surface area contributed by atoms with Gasteiger partial charge in [0.05, 0.1) is 16.9 Å². The van der Waals surface area contributed by atoms with Crippen molar-refractivity contribution in [2.24, 2.45) is 0 Å². The molecule has 0 radical (unpaired) electrons. The summed E-state index contributed by atoms with van der Waals surface area (Å²) in [7, 11) is 3.92. The molecular weight excluding hydrogens is 480 g/mol. The van der Waals surface area contributed by atoms with E-state index in [1.807, 2.05) is 55.4 Å². The molecule has 4 aromatic carbocycles. The van der Waals surface area contributed by atoms with Gasteiger partial charge in [-0.05, 0) is 60.7 Å². The lowest BCUT2D eigenvalue weighted by atomic mass is 10.1. The fraction of sp³-hybridized carbons (Fsp3) is 0.148. The van der Waals surface area contributed by atoms with E-state index in [0.29, 0.717) is 22.9 Å². The average Bonchev–Trinajstić information content (AvgIpc) is 2.87. The fourth-order valence-corrected chi connectivity index (χ4v) is 4.48. The molecule has 0 aliphatic heterocycles. The number of carboxylic acid groups (broad SMARTS) is 1. The van der Waals surface area contributed by atoms with Crippen molar-refractivity contribution in [3.05, 3.63) is 90.5 Å². The number of carbonyl (C=O) groups is 1. The molecule has 0 bridgehead atoms. The average molecular weight is 507 g/mol. The maximum absolute atomic E-state index is 12.4. The van der Waals surface area contributed by atoms with Crippen LogP contribution in [0.1, 0.15) is 10.4 Å². The summed E-state index contributed by atoms with van der Waals surface area (Å²) >= 11 is -2.30. The monoisotopic (exact) mass is 506 g/mol. The van der Waals surface area contributed by atoms with Gasteiger partial charge >= 0.3 is 5.97 Å². The molecule has 0 amide bonds. The second kappa shape index (κ2) is 11.1. The molecule has 0 fully saturated rings. The van der Waals surface area contributed by atoms with Crippen LogP contribution in [0, 0.1) is 0 Å². The molecular formula is C27H26N2O6S. The lowest BCUT2D eigenvalue weighted by Crippen LogP contribution is -2.19. The molecule has 36 heavy (non-hydrogen) atoms. The first-order valence-corrected chi connectivity index (χ1v) is 12.2. The number of hydrogen-bond acceptors (Lipinski definition) is 5. The zero-order valence-electron chi connectivity index (χ0n) is 19.8. The molecule has 8 nitrogen and oxygen atoms in total. The number of rotatable bonds is 10. The van der Waals surface area contributed by atoms with Crippen LogP contribution in [0.25, 0.3) is 10.8 Å². The topological polar surface area (TPSA) is 99.5 Å². The normalized spacial score (nSPS) is 11.6. The highest BCUT2D eigenvalue weighted by atomic mass is 32.2. The van der Waals surface area contributed by atoms with Gasteiger partial charge in [-0.15, -0.1) is 0 Å². The largest absolute Gasteiger partial charge is 0.490 e. The standard InChI is InChI=1S/C27H26N2O6S/c1-28(2)25-7-3-6-24-23(25)5-4-8-26(24)29(36(32)33)20-11-15-22(16-12-20)35-18-17-34-21-13-9-19(10-14-21)27(30)31/h3-16H,17-18H2,1-2H3,(H,30,31)(H,32,33). The number of anilines is 3. The number of ether oxygens (including phenoxy) is 2. The van der Waals surface area contributed by atoms with E-state index in [0.717, 1.165) is 16.5 Å². The van der Waals surface area contributed by atoms with Gasteiger partial charge in [0, 0.05) is 30.6 Å². The van der Waals surface area contributed by atoms with Crippen molar-refractivity contribution in [3.63, 3.8) is 0 Å². The summed E-state index contributed by atoms with van der Waals surface area (Å²) in [5.41, 5.74) is 2.37. The number of hydrogen-bond donors (Lipinski definition) is 2. The minimum absolute atomic E-state index is 0.193. The molecule has 4 aromatic rings. The summed E-state index contributed by atoms with van der Waals surface area (Å²) in [6.07, 6.45) is 0. The zero-order valence-corrected chi connectivity index (χ0v) is 20.6. The molecule has 0 saturated carbocycles. The van der Waals surface area contributed by atoms with Crippen molar-refractivity contribution in [3.8, 4) is 11.5 Å². The molecule has 1 atom stereocenters. The van der Waals surface area contributed by atoms with Crippen molar-refractivity contribution in [2.75, 3.05) is 36.5 Å². The highest BCUT2D eigenvalue weighted by Crippen LogP contribution is 2.37. The maximum Gasteiger partial charge on any atom is 0.335 e. The van der Waals surface area contributed by atoms with E-state index in [4.69, 9.17) is 14.6 Å². The third kappa shape index (κ3) is 5.59. The first-order valence-electron chi connectivity index (χ1n) is 11.1. The highest BCUT2D eigenvalue weighted by Gasteiger charge is 2.19. The van der Waals surface area contributed by atoms with E-state index >= 15 is 0 Å². The zero-order chi connectivity index (χ0) is 25.7. The third-order valence-corrected chi connectivity index (χ3v) is 6.25. The predicted molar refractivity (Wildman–Crippen MR) is 142 cm³/mol. The highest BCUT2D eigenvalue weighted by molar-refractivity contribution is 7.81. The number of benzene rings is 4. The van der Waals surface area contributed by atoms with Gasteiger partial charge in [0.25, 0.3) is 11.3 Å². The van der Waals surface area contributed by atoms with E-state index in [1.54, 1.807) is 36.4 Å². The Morgan fingerprint density at radius 1 is 0.778 bits per heavy atom. The summed E-state index contributed by atoms with van der Waals surface area (Å²) < 4.78 is 35.2. The van der Waals surface area contributed by atoms with Gasteiger partial charge < -0.3 is 19.5 Å². The lowest BCUT2D eigenvalue weighted by molar-refractivity contribution is 0.0697. The Hall–Kier alpha value is -4.08. The Morgan fingerprint density at radius 3 is 1.78 bits per heavy atom. The number of carboxylic acids is 1. The number of fused-ring (bicyclic) bond motifs is 1. The van der Waals surface area contributed by atoms with Crippen LogP contribution in [0.4, 0.5) is 17.1 Å². The molecule has 0 saturated heterocycles. The van der Waals surface area contributed by atoms with Gasteiger partial charge in [-0.2, -0.15) is 0 Å². The predicted octanol–water partition coefficient (Wildman–Crippen LogP) is 5.34. The second-order valence-electron chi connectivity index (χ2n) is 8.09. The van der Waals surface area contributed by atoms with Crippen LogP contribution in [0.5, 0.6) is 11.5 Å². The minimum atomic E-state index is -2.30. The molecule has 0 aliphatic rings. The van der Waals surface area contributed by atoms with Crippen LogP contribution >= 0.6 is 0 Å². The molecule has 9 heteroatoms. The van der Waals surface area contributed by atoms with Crippen LogP contribution in [0.15, 0.2) is 84.9 Å². The fourth-order valence-electron chi connectivity index (χ4n) is 3.85. The summed E-state index contributed by atoms with van der Waals surface area (Å²) in [5.74, 6) is 0.142. The van der Waals surface area contributed by atoms with E-state index in [-0.39, 0.29) is 18.8 Å². The van der Waals surface area contributed by atoms with Gasteiger partial charge in [0.1, 0.15) is 24.7 Å².